The minimum absolute atomic E-state index is 0.0424. The molecule has 28 heavy (non-hydrogen) atoms. The van der Waals surface area contributed by atoms with E-state index in [0.29, 0.717) is 40.0 Å². The summed E-state index contributed by atoms with van der Waals surface area (Å²) in [4.78, 5) is 16.4. The number of hydrogen-bond acceptors (Lipinski definition) is 6. The molecule has 1 aromatic heterocycles. The number of para-hydroxylation sites is 1. The Morgan fingerprint density at radius 3 is 2.61 bits per heavy atom. The molecule has 8 heteroatoms. The fraction of sp³-hybridized carbons (Fsp3) is 0.250. The van der Waals surface area contributed by atoms with Gasteiger partial charge < -0.3 is 24.6 Å². The van der Waals surface area contributed by atoms with Crippen molar-refractivity contribution in [1.82, 2.24) is 15.5 Å². The van der Waals surface area contributed by atoms with Gasteiger partial charge >= 0.3 is 6.03 Å². The molecule has 0 aliphatic rings. The maximum absolute atomic E-state index is 11.9. The third-order valence-electron chi connectivity index (χ3n) is 3.86. The molecule has 2 N–H and O–H groups in total. The molecule has 0 saturated carbocycles. The highest BCUT2D eigenvalue weighted by Crippen LogP contribution is 2.37. The Labute approximate surface area is 162 Å². The van der Waals surface area contributed by atoms with Crippen molar-refractivity contribution in [2.75, 3.05) is 19.5 Å². The molecule has 1 heterocycles. The average Bonchev–Trinajstić information content (AvgIpc) is 3.16. The van der Waals surface area contributed by atoms with Crippen LogP contribution in [0, 0.1) is 0 Å². The molecule has 0 saturated heterocycles. The van der Waals surface area contributed by atoms with Gasteiger partial charge in [-0.25, -0.2) is 4.79 Å². The Hall–Kier alpha value is -3.55. The topological polar surface area (TPSA) is 98.5 Å². The van der Waals surface area contributed by atoms with Gasteiger partial charge in [-0.15, -0.1) is 0 Å². The number of carbonyl (C=O) groups is 1. The minimum atomic E-state index is -0.276. The molecular weight excluding hydrogens is 360 g/mol. The van der Waals surface area contributed by atoms with Gasteiger partial charge in [0.2, 0.25) is 5.82 Å². The van der Waals surface area contributed by atoms with Crippen molar-refractivity contribution < 1.29 is 18.8 Å². The molecule has 0 radical (unpaired) electrons. The number of ether oxygens (including phenoxy) is 2. The summed E-state index contributed by atoms with van der Waals surface area (Å²) in [6, 6.07) is 12.4. The third kappa shape index (κ3) is 4.22. The normalized spacial score (nSPS) is 10.6. The van der Waals surface area contributed by atoms with Gasteiger partial charge in [-0.2, -0.15) is 4.98 Å². The lowest BCUT2D eigenvalue weighted by molar-refractivity contribution is 0.250. The monoisotopic (exact) mass is 382 g/mol. The van der Waals surface area contributed by atoms with Gasteiger partial charge in [-0.1, -0.05) is 23.4 Å². The molecule has 3 rings (SSSR count). The molecule has 8 nitrogen and oxygen atoms in total. The first-order valence-electron chi connectivity index (χ1n) is 8.75. The number of nitrogens with one attached hydrogen (secondary N) is 2. The molecule has 2 amide bonds. The van der Waals surface area contributed by atoms with E-state index in [0.717, 1.165) is 0 Å². The number of benzene rings is 2. The number of rotatable bonds is 6. The lowest BCUT2D eigenvalue weighted by Gasteiger charge is -2.10. The van der Waals surface area contributed by atoms with E-state index in [4.69, 9.17) is 14.0 Å². The molecule has 0 fully saturated rings. The second kappa shape index (κ2) is 8.43. The van der Waals surface area contributed by atoms with Gasteiger partial charge in [-0.3, -0.25) is 0 Å². The number of methoxy groups -OCH3 is 2. The molecule has 2 aromatic carbocycles. The Morgan fingerprint density at radius 1 is 1.11 bits per heavy atom. The highest BCUT2D eigenvalue weighted by Gasteiger charge is 2.18. The van der Waals surface area contributed by atoms with E-state index >= 15 is 0 Å². The summed E-state index contributed by atoms with van der Waals surface area (Å²) in [7, 11) is 3.12. The van der Waals surface area contributed by atoms with Gasteiger partial charge in [0.1, 0.15) is 0 Å². The molecule has 0 bridgehead atoms. The lowest BCUT2D eigenvalue weighted by atomic mass is 10.1. The molecule has 0 unspecified atom stereocenters. The van der Waals surface area contributed by atoms with Crippen LogP contribution in [0.25, 0.3) is 22.8 Å². The molecule has 3 aromatic rings. The van der Waals surface area contributed by atoms with E-state index in [-0.39, 0.29) is 12.1 Å². The summed E-state index contributed by atoms with van der Waals surface area (Å²) in [6.45, 7) is 3.79. The van der Waals surface area contributed by atoms with Crippen molar-refractivity contribution in [3.63, 3.8) is 0 Å². The van der Waals surface area contributed by atoms with Crippen LogP contribution in [0.5, 0.6) is 11.5 Å². The van der Waals surface area contributed by atoms with E-state index in [9.17, 15) is 4.79 Å². The number of carbonyl (C=O) groups excluding carboxylic acids is 1. The van der Waals surface area contributed by atoms with Crippen LogP contribution in [0.2, 0.25) is 0 Å². The first kappa shape index (κ1) is 19.2. The quantitative estimate of drug-likeness (QED) is 0.670. The van der Waals surface area contributed by atoms with Crippen molar-refractivity contribution in [3.05, 3.63) is 42.5 Å². The second-order valence-electron chi connectivity index (χ2n) is 6.30. The summed E-state index contributed by atoms with van der Waals surface area (Å²) in [5.41, 5.74) is 1.96. The van der Waals surface area contributed by atoms with Crippen molar-refractivity contribution in [1.29, 1.82) is 0 Å². The number of amides is 2. The number of anilines is 1. The second-order valence-corrected chi connectivity index (χ2v) is 6.30. The van der Waals surface area contributed by atoms with Gasteiger partial charge in [-0.05, 0) is 38.1 Å². The Bertz CT molecular complexity index is 968. The summed E-state index contributed by atoms with van der Waals surface area (Å²) < 4.78 is 16.2. The van der Waals surface area contributed by atoms with Crippen molar-refractivity contribution >= 4 is 11.7 Å². The Balaban J connectivity index is 1.87. The van der Waals surface area contributed by atoms with Gasteiger partial charge in [0.25, 0.3) is 5.89 Å². The van der Waals surface area contributed by atoms with Gasteiger partial charge in [0.05, 0.1) is 19.8 Å². The van der Waals surface area contributed by atoms with Crippen LogP contribution in [0.15, 0.2) is 47.0 Å². The smallest absolute Gasteiger partial charge is 0.319 e. The molecule has 0 aliphatic heterocycles. The third-order valence-corrected chi connectivity index (χ3v) is 3.86. The zero-order chi connectivity index (χ0) is 20.1. The minimum Gasteiger partial charge on any atom is -0.493 e. The highest BCUT2D eigenvalue weighted by atomic mass is 16.5. The van der Waals surface area contributed by atoms with Crippen LogP contribution in [0.1, 0.15) is 13.8 Å². The summed E-state index contributed by atoms with van der Waals surface area (Å²) in [5, 5.41) is 9.61. The van der Waals surface area contributed by atoms with Gasteiger partial charge in [0.15, 0.2) is 11.5 Å². The average molecular weight is 382 g/mol. The predicted molar refractivity (Wildman–Crippen MR) is 106 cm³/mol. The van der Waals surface area contributed by atoms with E-state index < -0.39 is 0 Å². The maximum atomic E-state index is 11.9. The Morgan fingerprint density at radius 2 is 1.89 bits per heavy atom. The molecule has 146 valence electrons. The van der Waals surface area contributed by atoms with Crippen LogP contribution in [-0.2, 0) is 0 Å². The number of aromatic nitrogens is 2. The standard InChI is InChI=1S/C20H22N4O4/c1-12(2)21-20(25)22-14-8-5-7-13(11-14)18-23-19(28-24-18)15-9-6-10-16(26-3)17(15)27-4/h5-12H,1-4H3,(H2,21,22,25). The largest absolute Gasteiger partial charge is 0.493 e. The number of urea groups is 1. The molecule has 0 spiro atoms. The van der Waals surface area contributed by atoms with E-state index in [1.165, 1.54) is 0 Å². The fourth-order valence-corrected chi connectivity index (χ4v) is 2.67. The van der Waals surface area contributed by atoms with E-state index in [1.54, 1.807) is 32.4 Å². The highest BCUT2D eigenvalue weighted by molar-refractivity contribution is 5.90. The predicted octanol–water partition coefficient (Wildman–Crippen LogP) is 3.95. The molecular formula is C20H22N4O4. The van der Waals surface area contributed by atoms with Crippen LogP contribution in [0.4, 0.5) is 10.5 Å². The first-order valence-corrected chi connectivity index (χ1v) is 8.75. The van der Waals surface area contributed by atoms with Crippen LogP contribution in [0.3, 0.4) is 0 Å². The summed E-state index contributed by atoms with van der Waals surface area (Å²) in [5.74, 6) is 1.79. The number of hydrogen-bond donors (Lipinski definition) is 2. The first-order chi connectivity index (χ1) is 13.5. The SMILES string of the molecule is COc1cccc(-c2nc(-c3cccc(NC(=O)NC(C)C)c3)no2)c1OC. The summed E-state index contributed by atoms with van der Waals surface area (Å²) >= 11 is 0. The zero-order valence-corrected chi connectivity index (χ0v) is 16.1. The Kier molecular flexibility index (Phi) is 5.78. The lowest BCUT2D eigenvalue weighted by Crippen LogP contribution is -2.34. The number of nitrogens with zero attached hydrogens (tertiary/aromatic N) is 2. The van der Waals surface area contributed by atoms with E-state index in [1.807, 2.05) is 38.1 Å². The molecule has 0 aliphatic carbocycles. The van der Waals surface area contributed by atoms with Crippen molar-refractivity contribution in [3.8, 4) is 34.3 Å². The zero-order valence-electron chi connectivity index (χ0n) is 16.1. The van der Waals surface area contributed by atoms with E-state index in [2.05, 4.69) is 20.8 Å². The van der Waals surface area contributed by atoms with Crippen molar-refractivity contribution in [2.24, 2.45) is 0 Å². The van der Waals surface area contributed by atoms with Gasteiger partial charge in [0, 0.05) is 17.3 Å². The van der Waals surface area contributed by atoms with Crippen LogP contribution >= 0.6 is 0 Å². The maximum Gasteiger partial charge on any atom is 0.319 e. The van der Waals surface area contributed by atoms with Crippen LogP contribution in [-0.4, -0.2) is 36.4 Å². The molecule has 0 atom stereocenters. The van der Waals surface area contributed by atoms with Crippen LogP contribution < -0.4 is 20.1 Å². The van der Waals surface area contributed by atoms with Crippen molar-refractivity contribution in [2.45, 2.75) is 19.9 Å². The fourth-order valence-electron chi connectivity index (χ4n) is 2.67. The summed E-state index contributed by atoms with van der Waals surface area (Å²) in [6.07, 6.45) is 0.